The van der Waals surface area contributed by atoms with E-state index < -0.39 is 0 Å². The molecule has 24 heavy (non-hydrogen) atoms. The van der Waals surface area contributed by atoms with Crippen LogP contribution < -0.4 is 10.9 Å². The van der Waals surface area contributed by atoms with Gasteiger partial charge < -0.3 is 10.1 Å². The van der Waals surface area contributed by atoms with E-state index in [1.54, 1.807) is 0 Å². The Labute approximate surface area is 140 Å². The van der Waals surface area contributed by atoms with Gasteiger partial charge >= 0.3 is 0 Å². The highest BCUT2D eigenvalue weighted by Crippen LogP contribution is 2.15. The lowest BCUT2D eigenvalue weighted by Crippen LogP contribution is -2.36. The molecule has 1 N–H and O–H groups in total. The summed E-state index contributed by atoms with van der Waals surface area (Å²) in [4.78, 5) is 28.4. The van der Waals surface area contributed by atoms with Crippen LogP contribution in [0, 0.1) is 6.92 Å². The summed E-state index contributed by atoms with van der Waals surface area (Å²) in [5.41, 5.74) is 2.39. The van der Waals surface area contributed by atoms with E-state index in [0.717, 1.165) is 30.6 Å². The molecular formula is C18H21N3O3. The highest BCUT2D eigenvalue weighted by atomic mass is 16.5. The molecule has 3 rings (SSSR count). The van der Waals surface area contributed by atoms with Crippen LogP contribution in [0.25, 0.3) is 11.3 Å². The van der Waals surface area contributed by atoms with Crippen LogP contribution in [0.3, 0.4) is 0 Å². The third kappa shape index (κ3) is 4.08. The molecule has 0 bridgehead atoms. The summed E-state index contributed by atoms with van der Waals surface area (Å²) in [6.45, 7) is 3.21. The fraction of sp³-hybridized carbons (Fsp3) is 0.389. The number of benzene rings is 1. The molecule has 2 aromatic rings. The first-order valence-corrected chi connectivity index (χ1v) is 8.13. The molecule has 1 aliphatic rings. The van der Waals surface area contributed by atoms with Crippen LogP contribution in [-0.4, -0.2) is 34.7 Å². The van der Waals surface area contributed by atoms with E-state index in [0.29, 0.717) is 12.2 Å². The van der Waals surface area contributed by atoms with Gasteiger partial charge in [0.15, 0.2) is 0 Å². The molecule has 126 valence electrons. The van der Waals surface area contributed by atoms with Gasteiger partial charge in [0, 0.05) is 24.8 Å². The van der Waals surface area contributed by atoms with Crippen molar-refractivity contribution in [3.05, 3.63) is 52.6 Å². The molecule has 0 spiro atoms. The molecule has 1 amide bonds. The Morgan fingerprint density at radius 2 is 2.17 bits per heavy atom. The van der Waals surface area contributed by atoms with Gasteiger partial charge in [-0.15, -0.1) is 0 Å². The summed E-state index contributed by atoms with van der Waals surface area (Å²) in [5, 5.41) is 2.80. The van der Waals surface area contributed by atoms with Gasteiger partial charge in [-0.25, -0.2) is 4.98 Å². The van der Waals surface area contributed by atoms with Gasteiger partial charge in [-0.3, -0.25) is 14.2 Å². The van der Waals surface area contributed by atoms with Crippen molar-refractivity contribution in [1.29, 1.82) is 0 Å². The van der Waals surface area contributed by atoms with Crippen molar-refractivity contribution in [1.82, 2.24) is 14.9 Å². The summed E-state index contributed by atoms with van der Waals surface area (Å²) in [7, 11) is 0. The van der Waals surface area contributed by atoms with Crippen molar-refractivity contribution in [3.8, 4) is 11.3 Å². The minimum atomic E-state index is -0.243. The normalized spacial score (nSPS) is 17.0. The molecule has 0 aliphatic carbocycles. The number of nitrogens with one attached hydrogen (secondary N) is 1. The van der Waals surface area contributed by atoms with Crippen LogP contribution >= 0.6 is 0 Å². The molecule has 1 aromatic carbocycles. The van der Waals surface area contributed by atoms with Crippen LogP contribution in [-0.2, 0) is 16.1 Å². The van der Waals surface area contributed by atoms with Crippen LogP contribution in [0.5, 0.6) is 0 Å². The maximum Gasteiger partial charge on any atom is 0.254 e. The second kappa shape index (κ2) is 7.40. The summed E-state index contributed by atoms with van der Waals surface area (Å²) in [6.07, 6.45) is 3.51. The van der Waals surface area contributed by atoms with E-state index in [4.69, 9.17) is 4.74 Å². The average molecular weight is 327 g/mol. The molecule has 1 aliphatic heterocycles. The molecule has 1 atom stereocenters. The van der Waals surface area contributed by atoms with Crippen LogP contribution in [0.2, 0.25) is 0 Å². The Balaban J connectivity index is 1.63. The minimum Gasteiger partial charge on any atom is -0.376 e. The predicted molar refractivity (Wildman–Crippen MR) is 90.7 cm³/mol. The number of amides is 1. The van der Waals surface area contributed by atoms with Crippen molar-refractivity contribution in [2.24, 2.45) is 0 Å². The summed E-state index contributed by atoms with van der Waals surface area (Å²) in [5.74, 6) is -0.211. The second-order valence-corrected chi connectivity index (χ2v) is 6.05. The van der Waals surface area contributed by atoms with Gasteiger partial charge in [0.1, 0.15) is 6.54 Å². The van der Waals surface area contributed by atoms with Crippen molar-refractivity contribution < 1.29 is 9.53 Å². The molecule has 0 unspecified atom stereocenters. The van der Waals surface area contributed by atoms with E-state index in [1.165, 1.54) is 17.0 Å². The van der Waals surface area contributed by atoms with Gasteiger partial charge in [0.25, 0.3) is 5.56 Å². The van der Waals surface area contributed by atoms with E-state index in [9.17, 15) is 9.59 Å². The number of carbonyl (C=O) groups excluding carboxylic acids is 1. The van der Waals surface area contributed by atoms with Crippen molar-refractivity contribution in [2.75, 3.05) is 13.2 Å². The largest absolute Gasteiger partial charge is 0.376 e. The molecule has 1 aromatic heterocycles. The molecule has 2 heterocycles. The first-order chi connectivity index (χ1) is 11.6. The van der Waals surface area contributed by atoms with Gasteiger partial charge in [-0.2, -0.15) is 0 Å². The number of aryl methyl sites for hydroxylation is 1. The fourth-order valence-corrected chi connectivity index (χ4v) is 2.67. The first-order valence-electron chi connectivity index (χ1n) is 8.13. The average Bonchev–Trinajstić information content (AvgIpc) is 3.09. The maximum absolute atomic E-state index is 12.2. The zero-order chi connectivity index (χ0) is 16.9. The molecule has 1 fully saturated rings. The number of hydrogen-bond acceptors (Lipinski definition) is 4. The summed E-state index contributed by atoms with van der Waals surface area (Å²) in [6, 6.07) is 9.26. The van der Waals surface area contributed by atoms with Crippen LogP contribution in [0.15, 0.2) is 41.5 Å². The van der Waals surface area contributed by atoms with E-state index in [-0.39, 0.29) is 24.1 Å². The van der Waals surface area contributed by atoms with Gasteiger partial charge in [-0.1, -0.05) is 29.8 Å². The predicted octanol–water partition coefficient (Wildman–Crippen LogP) is 1.51. The van der Waals surface area contributed by atoms with E-state index in [2.05, 4.69) is 10.3 Å². The van der Waals surface area contributed by atoms with Gasteiger partial charge in [-0.05, 0) is 19.8 Å². The Kier molecular flexibility index (Phi) is 5.05. The number of rotatable bonds is 5. The minimum absolute atomic E-state index is 0.0350. The number of hydrogen-bond donors (Lipinski definition) is 1. The topological polar surface area (TPSA) is 73.2 Å². The standard InChI is InChI=1S/C18H21N3O3/c1-13-4-6-14(7-5-13)16-9-18(23)21(12-20-16)11-17(22)19-10-15-3-2-8-24-15/h4-7,9,12,15H,2-3,8,10-11H2,1H3,(H,19,22)/t15-/m0/s1. The van der Waals surface area contributed by atoms with Gasteiger partial charge in [0.05, 0.1) is 18.1 Å². The van der Waals surface area contributed by atoms with Crippen molar-refractivity contribution in [2.45, 2.75) is 32.4 Å². The maximum atomic E-state index is 12.2. The highest BCUT2D eigenvalue weighted by molar-refractivity contribution is 5.75. The second-order valence-electron chi connectivity index (χ2n) is 6.05. The zero-order valence-electron chi connectivity index (χ0n) is 13.7. The van der Waals surface area contributed by atoms with Gasteiger partial charge in [0.2, 0.25) is 5.91 Å². The Bertz CT molecular complexity index is 762. The monoisotopic (exact) mass is 327 g/mol. The zero-order valence-corrected chi connectivity index (χ0v) is 13.7. The highest BCUT2D eigenvalue weighted by Gasteiger charge is 2.16. The number of nitrogens with zero attached hydrogens (tertiary/aromatic N) is 2. The number of ether oxygens (including phenoxy) is 1. The Morgan fingerprint density at radius 1 is 1.38 bits per heavy atom. The van der Waals surface area contributed by atoms with E-state index >= 15 is 0 Å². The molecule has 0 radical (unpaired) electrons. The Hall–Kier alpha value is -2.47. The molecule has 1 saturated heterocycles. The summed E-state index contributed by atoms with van der Waals surface area (Å²) >= 11 is 0. The van der Waals surface area contributed by atoms with Crippen molar-refractivity contribution >= 4 is 5.91 Å². The molecular weight excluding hydrogens is 306 g/mol. The SMILES string of the molecule is Cc1ccc(-c2cc(=O)n(CC(=O)NC[C@@H]3CCCO3)cn2)cc1. The molecule has 0 saturated carbocycles. The Morgan fingerprint density at radius 3 is 2.83 bits per heavy atom. The van der Waals surface area contributed by atoms with Crippen LogP contribution in [0.1, 0.15) is 18.4 Å². The van der Waals surface area contributed by atoms with Crippen LogP contribution in [0.4, 0.5) is 0 Å². The van der Waals surface area contributed by atoms with Crippen molar-refractivity contribution in [3.63, 3.8) is 0 Å². The molecule has 6 nitrogen and oxygen atoms in total. The third-order valence-electron chi connectivity index (χ3n) is 4.09. The van der Waals surface area contributed by atoms with E-state index in [1.807, 2.05) is 31.2 Å². The quantitative estimate of drug-likeness (QED) is 0.903. The summed E-state index contributed by atoms with van der Waals surface area (Å²) < 4.78 is 6.76. The lowest BCUT2D eigenvalue weighted by Gasteiger charge is -2.11. The lowest BCUT2D eigenvalue weighted by atomic mass is 10.1. The smallest absolute Gasteiger partial charge is 0.254 e. The number of carbonyl (C=O) groups is 1. The number of aromatic nitrogens is 2. The fourth-order valence-electron chi connectivity index (χ4n) is 2.67. The third-order valence-corrected chi connectivity index (χ3v) is 4.09. The molecule has 6 heteroatoms. The first kappa shape index (κ1) is 16.4. The lowest BCUT2D eigenvalue weighted by molar-refractivity contribution is -0.122.